The Morgan fingerprint density at radius 1 is 1.03 bits per heavy atom. The fourth-order valence-corrected chi connectivity index (χ4v) is 3.81. The molecule has 1 amide bonds. The van der Waals surface area contributed by atoms with Crippen molar-refractivity contribution in [3.63, 3.8) is 0 Å². The Kier molecular flexibility index (Phi) is 6.67. The topological polar surface area (TPSA) is 99.9 Å². The number of hydrogen-bond donors (Lipinski definition) is 1. The van der Waals surface area contributed by atoms with E-state index in [-0.39, 0.29) is 12.3 Å². The largest absolute Gasteiger partial charge is 0.493 e. The molecular formula is C24H24ClN5O4. The normalized spacial score (nSPS) is 11.0. The third-order valence-electron chi connectivity index (χ3n) is 5.42. The summed E-state index contributed by atoms with van der Waals surface area (Å²) in [6.45, 7) is 3.88. The zero-order valence-corrected chi connectivity index (χ0v) is 20.2. The summed E-state index contributed by atoms with van der Waals surface area (Å²) in [4.78, 5) is 13.0. The first-order valence-corrected chi connectivity index (χ1v) is 10.8. The van der Waals surface area contributed by atoms with E-state index in [0.29, 0.717) is 39.2 Å². The van der Waals surface area contributed by atoms with Crippen LogP contribution in [0.4, 0.5) is 5.69 Å². The van der Waals surface area contributed by atoms with Gasteiger partial charge in [0.05, 0.1) is 37.8 Å². The van der Waals surface area contributed by atoms with Crippen LogP contribution < -0.4 is 14.8 Å². The molecule has 4 rings (SSSR count). The first-order chi connectivity index (χ1) is 16.4. The van der Waals surface area contributed by atoms with Crippen molar-refractivity contribution in [2.24, 2.45) is 0 Å². The lowest BCUT2D eigenvalue weighted by molar-refractivity contribution is 0.102. The lowest BCUT2D eigenvalue weighted by Crippen LogP contribution is -2.18. The summed E-state index contributed by atoms with van der Waals surface area (Å²) >= 11 is 6.08. The van der Waals surface area contributed by atoms with Crippen LogP contribution in [0, 0.1) is 13.8 Å². The third-order valence-corrected chi connectivity index (χ3v) is 5.85. The van der Waals surface area contributed by atoms with Crippen LogP contribution in [0.15, 0.2) is 36.4 Å². The van der Waals surface area contributed by atoms with E-state index >= 15 is 0 Å². The van der Waals surface area contributed by atoms with E-state index in [4.69, 9.17) is 25.8 Å². The average Bonchev–Trinajstić information content (AvgIpc) is 3.20. The molecule has 2 aromatic heterocycles. The highest BCUT2D eigenvalue weighted by Crippen LogP contribution is 2.35. The molecule has 0 radical (unpaired) electrons. The maximum absolute atomic E-state index is 13.0. The van der Waals surface area contributed by atoms with Gasteiger partial charge in [-0.15, -0.1) is 10.2 Å². The number of amides is 1. The number of aromatic nitrogens is 4. The van der Waals surface area contributed by atoms with Gasteiger partial charge in [0.2, 0.25) is 0 Å². The molecular weight excluding hydrogens is 458 g/mol. The number of benzene rings is 2. The maximum atomic E-state index is 13.0. The Morgan fingerprint density at radius 2 is 1.79 bits per heavy atom. The van der Waals surface area contributed by atoms with Gasteiger partial charge in [-0.3, -0.25) is 4.79 Å². The van der Waals surface area contributed by atoms with Crippen molar-refractivity contribution in [3.8, 4) is 22.6 Å². The Morgan fingerprint density at radius 3 is 2.47 bits per heavy atom. The van der Waals surface area contributed by atoms with E-state index in [9.17, 15) is 4.79 Å². The van der Waals surface area contributed by atoms with Gasteiger partial charge in [0.25, 0.3) is 5.91 Å². The Bertz CT molecular complexity index is 1390. The maximum Gasteiger partial charge on any atom is 0.278 e. The zero-order chi connectivity index (χ0) is 24.4. The molecule has 0 atom stereocenters. The fraction of sp³-hybridized carbons (Fsp3) is 0.250. The van der Waals surface area contributed by atoms with Crippen molar-refractivity contribution in [2.75, 3.05) is 26.6 Å². The summed E-state index contributed by atoms with van der Waals surface area (Å²) in [5, 5.41) is 16.7. The highest BCUT2D eigenvalue weighted by molar-refractivity contribution is 6.31. The predicted octanol–water partition coefficient (Wildman–Crippen LogP) is 4.48. The number of hydrogen-bond acceptors (Lipinski definition) is 7. The minimum atomic E-state index is -0.398. The zero-order valence-electron chi connectivity index (χ0n) is 19.5. The van der Waals surface area contributed by atoms with Crippen molar-refractivity contribution < 1.29 is 19.0 Å². The van der Waals surface area contributed by atoms with Crippen molar-refractivity contribution in [1.29, 1.82) is 0 Å². The summed E-state index contributed by atoms with van der Waals surface area (Å²) in [6.07, 6.45) is 0. The number of anilines is 1. The number of fused-ring (bicyclic) bond motifs is 1. The number of halogens is 1. The van der Waals surface area contributed by atoms with Gasteiger partial charge in [-0.1, -0.05) is 17.7 Å². The van der Waals surface area contributed by atoms with Crippen LogP contribution in [0.25, 0.3) is 16.8 Å². The molecule has 2 aromatic carbocycles. The fourth-order valence-electron chi connectivity index (χ4n) is 3.70. The molecule has 0 spiro atoms. The molecule has 34 heavy (non-hydrogen) atoms. The number of carbonyl (C=O) groups is 1. The number of methoxy groups -OCH3 is 3. The average molecular weight is 482 g/mol. The van der Waals surface area contributed by atoms with Gasteiger partial charge < -0.3 is 19.5 Å². The van der Waals surface area contributed by atoms with Crippen LogP contribution in [0.1, 0.15) is 27.4 Å². The SMILES string of the molecule is COCc1nn2c(C)c(C(=O)Nc3ccc(Cl)c(C)c3)nnc2c1-c1ccc(OC)c(OC)c1. The number of aryl methyl sites for hydroxylation is 2. The van der Waals surface area contributed by atoms with Gasteiger partial charge in [-0.2, -0.15) is 5.10 Å². The number of nitrogens with one attached hydrogen (secondary N) is 1. The van der Waals surface area contributed by atoms with Crippen molar-refractivity contribution in [1.82, 2.24) is 19.8 Å². The van der Waals surface area contributed by atoms with Crippen LogP contribution in [0.5, 0.6) is 11.5 Å². The molecule has 1 N–H and O–H groups in total. The smallest absolute Gasteiger partial charge is 0.278 e. The van der Waals surface area contributed by atoms with Gasteiger partial charge in [-0.05, 0) is 55.3 Å². The van der Waals surface area contributed by atoms with Gasteiger partial charge in [0.15, 0.2) is 22.8 Å². The molecule has 0 bridgehead atoms. The second kappa shape index (κ2) is 9.66. The Balaban J connectivity index is 1.79. The molecule has 0 saturated carbocycles. The summed E-state index contributed by atoms with van der Waals surface area (Å²) in [6, 6.07) is 10.8. The van der Waals surface area contributed by atoms with E-state index in [1.807, 2.05) is 25.1 Å². The highest BCUT2D eigenvalue weighted by Gasteiger charge is 2.23. The minimum absolute atomic E-state index is 0.158. The van der Waals surface area contributed by atoms with Gasteiger partial charge in [-0.25, -0.2) is 4.52 Å². The quantitative estimate of drug-likeness (QED) is 0.415. The highest BCUT2D eigenvalue weighted by atomic mass is 35.5. The number of ether oxygens (including phenoxy) is 3. The second-order valence-corrected chi connectivity index (χ2v) is 8.02. The van der Waals surface area contributed by atoms with Crippen LogP contribution in [-0.2, 0) is 11.3 Å². The summed E-state index contributed by atoms with van der Waals surface area (Å²) in [7, 11) is 4.74. The number of rotatable bonds is 7. The van der Waals surface area contributed by atoms with E-state index in [1.165, 1.54) is 0 Å². The summed E-state index contributed by atoms with van der Waals surface area (Å²) < 4.78 is 17.8. The van der Waals surface area contributed by atoms with E-state index in [2.05, 4.69) is 20.6 Å². The molecule has 0 aliphatic rings. The first kappa shape index (κ1) is 23.5. The predicted molar refractivity (Wildman–Crippen MR) is 129 cm³/mol. The lowest BCUT2D eigenvalue weighted by atomic mass is 10.1. The molecule has 2 heterocycles. The molecule has 0 unspecified atom stereocenters. The third kappa shape index (κ3) is 4.27. The van der Waals surface area contributed by atoms with Crippen molar-refractivity contribution >= 4 is 28.8 Å². The molecule has 0 fully saturated rings. The van der Waals surface area contributed by atoms with Crippen LogP contribution in [0.3, 0.4) is 0 Å². The van der Waals surface area contributed by atoms with Crippen molar-refractivity contribution in [2.45, 2.75) is 20.5 Å². The summed E-state index contributed by atoms with van der Waals surface area (Å²) in [5.41, 5.74) is 4.85. The monoisotopic (exact) mass is 481 g/mol. The summed E-state index contributed by atoms with van der Waals surface area (Å²) in [5.74, 6) is 0.779. The number of carbonyl (C=O) groups excluding carboxylic acids is 1. The molecule has 9 nitrogen and oxygen atoms in total. The van der Waals surface area contributed by atoms with E-state index in [1.54, 1.807) is 51.0 Å². The molecule has 0 saturated heterocycles. The van der Waals surface area contributed by atoms with Crippen LogP contribution in [0.2, 0.25) is 5.02 Å². The van der Waals surface area contributed by atoms with Gasteiger partial charge >= 0.3 is 0 Å². The Labute approximate surface area is 201 Å². The molecule has 4 aromatic rings. The Hall–Kier alpha value is -3.69. The van der Waals surface area contributed by atoms with Crippen LogP contribution >= 0.6 is 11.6 Å². The molecule has 0 aliphatic carbocycles. The molecule has 0 aliphatic heterocycles. The van der Waals surface area contributed by atoms with Gasteiger partial charge in [0, 0.05) is 17.8 Å². The van der Waals surface area contributed by atoms with E-state index < -0.39 is 5.91 Å². The van der Waals surface area contributed by atoms with Crippen molar-refractivity contribution in [3.05, 3.63) is 64.1 Å². The standard InChI is InChI=1S/C24H24ClN5O4/c1-13-10-16(7-8-17(13)25)26-24(31)22-14(2)30-23(28-27-22)21(18(29-30)12-32-3)15-6-9-19(33-4)20(11-15)34-5/h6-11H,12H2,1-5H3,(H,26,31). The lowest BCUT2D eigenvalue weighted by Gasteiger charge is -2.10. The van der Waals surface area contributed by atoms with E-state index in [0.717, 1.165) is 16.7 Å². The minimum Gasteiger partial charge on any atom is -0.493 e. The second-order valence-electron chi connectivity index (χ2n) is 7.61. The molecule has 10 heteroatoms. The molecule has 176 valence electrons. The van der Waals surface area contributed by atoms with Crippen LogP contribution in [-0.4, -0.2) is 47.0 Å². The first-order valence-electron chi connectivity index (χ1n) is 10.4. The van der Waals surface area contributed by atoms with Gasteiger partial charge in [0.1, 0.15) is 0 Å². The number of nitrogens with zero attached hydrogens (tertiary/aromatic N) is 4.